The molecule has 0 saturated carbocycles. The Bertz CT molecular complexity index is 557. The summed E-state index contributed by atoms with van der Waals surface area (Å²) < 4.78 is 4.89. The number of amides is 2. The number of likely N-dealkylation sites (N-methyl/N-ethyl adjacent to an activating group) is 1. The number of aldehydes is 1. The van der Waals surface area contributed by atoms with Gasteiger partial charge in [-0.2, -0.15) is 0 Å². The maximum atomic E-state index is 11.5. The van der Waals surface area contributed by atoms with Crippen LogP contribution in [0.2, 0.25) is 0 Å². The Morgan fingerprint density at radius 1 is 1.36 bits per heavy atom. The molecule has 0 fully saturated rings. The summed E-state index contributed by atoms with van der Waals surface area (Å²) in [7, 11) is 1.48. The molecule has 1 aromatic rings. The molecule has 1 aromatic carbocycles. The first-order valence-electron chi connectivity index (χ1n) is 6.31. The van der Waals surface area contributed by atoms with E-state index < -0.39 is 11.0 Å². The van der Waals surface area contributed by atoms with Crippen LogP contribution in [0.15, 0.2) is 24.3 Å². The zero-order valence-electron chi connectivity index (χ0n) is 11.9. The van der Waals surface area contributed by atoms with Gasteiger partial charge in [0.05, 0.1) is 11.5 Å². The van der Waals surface area contributed by atoms with Gasteiger partial charge < -0.3 is 19.7 Å². The van der Waals surface area contributed by atoms with Crippen LogP contribution in [0.4, 0.5) is 10.5 Å². The molecule has 9 nitrogen and oxygen atoms in total. The zero-order valence-corrected chi connectivity index (χ0v) is 11.9. The van der Waals surface area contributed by atoms with Crippen molar-refractivity contribution in [2.75, 3.05) is 20.1 Å². The van der Waals surface area contributed by atoms with Crippen molar-refractivity contribution < 1.29 is 24.0 Å². The standard InChI is InChI=1S/C13H15N3O6/c1-15(8-9-17)12(18)6-7-14-13(19)22-11-4-2-10(3-5-11)16(20)21/h2-5,9H,6-8H2,1H3,(H,14,19). The summed E-state index contributed by atoms with van der Waals surface area (Å²) in [6.45, 7) is 0.0416. The van der Waals surface area contributed by atoms with E-state index in [0.29, 0.717) is 6.29 Å². The molecular formula is C13H15N3O6. The van der Waals surface area contributed by atoms with Gasteiger partial charge in [-0.1, -0.05) is 0 Å². The fourth-order valence-electron chi connectivity index (χ4n) is 1.45. The molecule has 0 radical (unpaired) electrons. The minimum absolute atomic E-state index is 0.00786. The molecule has 0 unspecified atom stereocenters. The Hall–Kier alpha value is -2.97. The lowest BCUT2D eigenvalue weighted by Gasteiger charge is -2.13. The molecule has 0 atom stereocenters. The first-order valence-corrected chi connectivity index (χ1v) is 6.31. The molecule has 1 N–H and O–H groups in total. The molecule has 0 saturated heterocycles. The Kier molecular flexibility index (Phi) is 6.48. The highest BCUT2D eigenvalue weighted by molar-refractivity contribution is 5.79. The lowest BCUT2D eigenvalue weighted by atomic mass is 10.3. The van der Waals surface area contributed by atoms with Crippen LogP contribution in [-0.4, -0.2) is 48.2 Å². The summed E-state index contributed by atoms with van der Waals surface area (Å²) in [5.41, 5.74) is -0.114. The molecule has 1 rings (SSSR count). The van der Waals surface area contributed by atoms with Crippen molar-refractivity contribution in [3.63, 3.8) is 0 Å². The topological polar surface area (TPSA) is 119 Å². The fourth-order valence-corrected chi connectivity index (χ4v) is 1.45. The van der Waals surface area contributed by atoms with E-state index in [1.807, 2.05) is 0 Å². The Balaban J connectivity index is 2.36. The van der Waals surface area contributed by atoms with E-state index in [-0.39, 0.29) is 36.9 Å². The number of ether oxygens (including phenoxy) is 1. The van der Waals surface area contributed by atoms with Crippen molar-refractivity contribution in [3.8, 4) is 5.75 Å². The first kappa shape index (κ1) is 17.1. The lowest BCUT2D eigenvalue weighted by molar-refractivity contribution is -0.384. The quantitative estimate of drug-likeness (QED) is 0.450. The molecule has 0 aliphatic heterocycles. The van der Waals surface area contributed by atoms with Crippen LogP contribution in [0.25, 0.3) is 0 Å². The molecule has 22 heavy (non-hydrogen) atoms. The van der Waals surface area contributed by atoms with Crippen molar-refractivity contribution in [2.24, 2.45) is 0 Å². The van der Waals surface area contributed by atoms with Crippen LogP contribution in [0.3, 0.4) is 0 Å². The van der Waals surface area contributed by atoms with Gasteiger partial charge in [0.2, 0.25) is 5.91 Å². The van der Waals surface area contributed by atoms with Crippen molar-refractivity contribution in [2.45, 2.75) is 6.42 Å². The molecule has 0 aliphatic rings. The number of nitrogens with one attached hydrogen (secondary N) is 1. The predicted octanol–water partition coefficient (Wildman–Crippen LogP) is 0.731. The van der Waals surface area contributed by atoms with Gasteiger partial charge >= 0.3 is 6.09 Å². The number of nitrogens with zero attached hydrogens (tertiary/aromatic N) is 2. The average Bonchev–Trinajstić information content (AvgIpc) is 2.47. The van der Waals surface area contributed by atoms with Crippen molar-refractivity contribution in [1.82, 2.24) is 10.2 Å². The largest absolute Gasteiger partial charge is 0.412 e. The van der Waals surface area contributed by atoms with Crippen LogP contribution < -0.4 is 10.1 Å². The Morgan fingerprint density at radius 3 is 2.55 bits per heavy atom. The van der Waals surface area contributed by atoms with Crippen LogP contribution in [0.5, 0.6) is 5.75 Å². The van der Waals surface area contributed by atoms with Gasteiger partial charge in [0.15, 0.2) is 0 Å². The molecule has 0 spiro atoms. The van der Waals surface area contributed by atoms with Gasteiger partial charge in [0.1, 0.15) is 12.0 Å². The van der Waals surface area contributed by atoms with Gasteiger partial charge in [-0.25, -0.2) is 4.79 Å². The van der Waals surface area contributed by atoms with Gasteiger partial charge in [-0.05, 0) is 12.1 Å². The second kappa shape index (κ2) is 8.35. The van der Waals surface area contributed by atoms with Crippen LogP contribution >= 0.6 is 0 Å². The van der Waals surface area contributed by atoms with Crippen LogP contribution in [-0.2, 0) is 9.59 Å². The summed E-state index contributed by atoms with van der Waals surface area (Å²) in [4.78, 5) is 44.3. The summed E-state index contributed by atoms with van der Waals surface area (Å²) in [6, 6.07) is 5.00. The molecule has 0 aliphatic carbocycles. The van der Waals surface area contributed by atoms with E-state index in [4.69, 9.17) is 4.74 Å². The molecule has 118 valence electrons. The number of carbonyl (C=O) groups excluding carboxylic acids is 3. The van der Waals surface area contributed by atoms with Gasteiger partial charge in [-0.3, -0.25) is 14.9 Å². The number of nitro benzene ring substituents is 1. The van der Waals surface area contributed by atoms with Gasteiger partial charge in [0, 0.05) is 32.1 Å². The number of rotatable bonds is 7. The van der Waals surface area contributed by atoms with Crippen molar-refractivity contribution >= 4 is 24.0 Å². The van der Waals surface area contributed by atoms with E-state index in [0.717, 1.165) is 0 Å². The third-order valence-corrected chi connectivity index (χ3v) is 2.64. The molecule has 2 amide bonds. The maximum Gasteiger partial charge on any atom is 0.412 e. The smallest absolute Gasteiger partial charge is 0.410 e. The highest BCUT2D eigenvalue weighted by atomic mass is 16.6. The average molecular weight is 309 g/mol. The van der Waals surface area contributed by atoms with E-state index in [1.54, 1.807) is 0 Å². The monoisotopic (exact) mass is 309 g/mol. The Labute approximate surface area is 126 Å². The Morgan fingerprint density at radius 2 is 2.00 bits per heavy atom. The van der Waals surface area contributed by atoms with E-state index in [2.05, 4.69) is 5.32 Å². The minimum Gasteiger partial charge on any atom is -0.410 e. The number of benzene rings is 1. The molecular weight excluding hydrogens is 294 g/mol. The molecule has 0 aromatic heterocycles. The normalized spacial score (nSPS) is 9.68. The molecule has 0 bridgehead atoms. The third kappa shape index (κ3) is 5.57. The number of non-ortho nitro benzene ring substituents is 1. The summed E-state index contributed by atoms with van der Waals surface area (Å²) >= 11 is 0. The van der Waals surface area contributed by atoms with E-state index >= 15 is 0 Å². The molecule has 0 heterocycles. The summed E-state index contributed by atoms with van der Waals surface area (Å²) in [5.74, 6) is -0.143. The zero-order chi connectivity index (χ0) is 16.5. The van der Waals surface area contributed by atoms with Crippen LogP contribution in [0, 0.1) is 10.1 Å². The van der Waals surface area contributed by atoms with E-state index in [9.17, 15) is 24.5 Å². The number of hydrogen-bond donors (Lipinski definition) is 1. The maximum absolute atomic E-state index is 11.5. The summed E-state index contributed by atoms with van der Waals surface area (Å²) in [5, 5.41) is 12.8. The molecule has 9 heteroatoms. The summed E-state index contributed by atoms with van der Waals surface area (Å²) in [6.07, 6.45) is -0.145. The number of nitro groups is 1. The van der Waals surface area contributed by atoms with Crippen molar-refractivity contribution in [1.29, 1.82) is 0 Å². The van der Waals surface area contributed by atoms with Gasteiger partial charge in [0.25, 0.3) is 5.69 Å². The lowest BCUT2D eigenvalue weighted by Crippen LogP contribution is -2.34. The van der Waals surface area contributed by atoms with Crippen LogP contribution in [0.1, 0.15) is 6.42 Å². The third-order valence-electron chi connectivity index (χ3n) is 2.64. The van der Waals surface area contributed by atoms with Gasteiger partial charge in [-0.15, -0.1) is 0 Å². The first-order chi connectivity index (χ1) is 10.4. The van der Waals surface area contributed by atoms with Crippen molar-refractivity contribution in [3.05, 3.63) is 34.4 Å². The second-order valence-corrected chi connectivity index (χ2v) is 4.26. The predicted molar refractivity (Wildman–Crippen MR) is 75.4 cm³/mol. The second-order valence-electron chi connectivity index (χ2n) is 4.26. The SMILES string of the molecule is CN(CC=O)C(=O)CCNC(=O)Oc1ccc([N+](=O)[O-])cc1. The fraction of sp³-hybridized carbons (Fsp3) is 0.308. The highest BCUT2D eigenvalue weighted by Gasteiger charge is 2.10. The number of carbonyl (C=O) groups is 3. The highest BCUT2D eigenvalue weighted by Crippen LogP contribution is 2.17. The minimum atomic E-state index is -0.778. The number of hydrogen-bond acceptors (Lipinski definition) is 6. The van der Waals surface area contributed by atoms with E-state index in [1.165, 1.54) is 36.2 Å².